The topological polar surface area (TPSA) is 9.86 Å². The lowest BCUT2D eigenvalue weighted by molar-refractivity contribution is 0.661. The minimum absolute atomic E-state index is 0.0748. The lowest BCUT2D eigenvalue weighted by atomic mass is 9.82. The summed E-state index contributed by atoms with van der Waals surface area (Å²) in [7, 11) is 0. The van der Waals surface area contributed by atoms with Crippen molar-refractivity contribution in [1.82, 2.24) is 9.13 Å². The van der Waals surface area contributed by atoms with Gasteiger partial charge in [-0.25, -0.2) is 0 Å². The molecule has 2 nitrogen and oxygen atoms in total. The SMILES string of the molecule is CC1(C)c2ccccc2-c2cc3c(cc21)c1cc(-c2ccc4c(c2)c2ccccc2n4-c2ccc4ccccc4c2)ccc1n3-c1ccc2c(c1)CCC=C2. The Morgan fingerprint density at radius 1 is 0.455 bits per heavy atom. The molecule has 2 aliphatic carbocycles. The molecule has 2 heterocycles. The smallest absolute Gasteiger partial charge is 0.0547 e. The van der Waals surface area contributed by atoms with Gasteiger partial charge in [-0.05, 0) is 135 Å². The fourth-order valence-electron chi connectivity index (χ4n) is 9.98. The van der Waals surface area contributed by atoms with Crippen molar-refractivity contribution in [1.29, 1.82) is 0 Å². The van der Waals surface area contributed by atoms with Crippen molar-refractivity contribution in [2.45, 2.75) is 32.1 Å². The second-order valence-corrected chi connectivity index (χ2v) is 16.1. The van der Waals surface area contributed by atoms with Crippen LogP contribution in [0.25, 0.3) is 94.1 Å². The molecular formula is C53H38N2. The monoisotopic (exact) mass is 702 g/mol. The number of hydrogen-bond acceptors (Lipinski definition) is 0. The van der Waals surface area contributed by atoms with Crippen LogP contribution in [0.1, 0.15) is 42.5 Å². The molecule has 0 bridgehead atoms. The highest BCUT2D eigenvalue weighted by Crippen LogP contribution is 2.51. The molecule has 12 rings (SSSR count). The van der Waals surface area contributed by atoms with Crippen LogP contribution < -0.4 is 0 Å². The molecule has 260 valence electrons. The number of allylic oxidation sites excluding steroid dienone is 1. The fourth-order valence-corrected chi connectivity index (χ4v) is 9.98. The zero-order valence-electron chi connectivity index (χ0n) is 31.0. The summed E-state index contributed by atoms with van der Waals surface area (Å²) in [6.07, 6.45) is 6.75. The van der Waals surface area contributed by atoms with E-state index in [0.717, 1.165) is 12.8 Å². The van der Waals surface area contributed by atoms with Crippen molar-refractivity contribution >= 4 is 60.5 Å². The van der Waals surface area contributed by atoms with Crippen LogP contribution in [0.5, 0.6) is 0 Å². The molecule has 0 amide bonds. The molecule has 0 saturated heterocycles. The van der Waals surface area contributed by atoms with Gasteiger partial charge in [0.25, 0.3) is 0 Å². The maximum absolute atomic E-state index is 2.52. The predicted molar refractivity (Wildman–Crippen MR) is 233 cm³/mol. The highest BCUT2D eigenvalue weighted by molar-refractivity contribution is 6.14. The van der Waals surface area contributed by atoms with Gasteiger partial charge >= 0.3 is 0 Å². The van der Waals surface area contributed by atoms with Gasteiger partial charge in [-0.1, -0.05) is 117 Å². The lowest BCUT2D eigenvalue weighted by Gasteiger charge is -2.21. The molecule has 0 N–H and O–H groups in total. The number of aromatic nitrogens is 2. The van der Waals surface area contributed by atoms with Gasteiger partial charge in [0.15, 0.2) is 0 Å². The van der Waals surface area contributed by atoms with E-state index < -0.39 is 0 Å². The van der Waals surface area contributed by atoms with Crippen molar-refractivity contribution in [3.05, 3.63) is 186 Å². The van der Waals surface area contributed by atoms with Crippen LogP contribution in [0.2, 0.25) is 0 Å². The molecule has 0 atom stereocenters. The molecule has 0 radical (unpaired) electrons. The van der Waals surface area contributed by atoms with Crippen LogP contribution >= 0.6 is 0 Å². The summed E-state index contributed by atoms with van der Waals surface area (Å²) < 4.78 is 4.94. The molecule has 55 heavy (non-hydrogen) atoms. The highest BCUT2D eigenvalue weighted by atomic mass is 15.0. The highest BCUT2D eigenvalue weighted by Gasteiger charge is 2.36. The van der Waals surface area contributed by atoms with Crippen molar-refractivity contribution < 1.29 is 0 Å². The Bertz CT molecular complexity index is 3290. The van der Waals surface area contributed by atoms with Crippen LogP contribution in [0.4, 0.5) is 0 Å². The Balaban J connectivity index is 1.08. The first-order chi connectivity index (χ1) is 27.0. The maximum Gasteiger partial charge on any atom is 0.0547 e. The summed E-state index contributed by atoms with van der Waals surface area (Å²) in [5.41, 5.74) is 18.0. The number of nitrogens with zero attached hydrogens (tertiary/aromatic N) is 2. The molecular weight excluding hydrogens is 665 g/mol. The number of aryl methyl sites for hydroxylation is 1. The number of benzene rings is 8. The van der Waals surface area contributed by atoms with Crippen LogP contribution in [-0.4, -0.2) is 9.13 Å². The Hall–Kier alpha value is -6.64. The molecule has 2 aromatic heterocycles. The van der Waals surface area contributed by atoms with Crippen molar-refractivity contribution in [2.75, 3.05) is 0 Å². The van der Waals surface area contributed by atoms with Crippen molar-refractivity contribution in [3.63, 3.8) is 0 Å². The summed E-state index contributed by atoms with van der Waals surface area (Å²) in [5.74, 6) is 0. The number of rotatable bonds is 3. The number of para-hydroxylation sites is 1. The first-order valence-electron chi connectivity index (χ1n) is 19.6. The molecule has 2 heteroatoms. The van der Waals surface area contributed by atoms with Gasteiger partial charge in [-0.15, -0.1) is 0 Å². The quantitative estimate of drug-likeness (QED) is 0.173. The Morgan fingerprint density at radius 3 is 1.96 bits per heavy atom. The number of fused-ring (bicyclic) bond motifs is 11. The van der Waals surface area contributed by atoms with E-state index in [1.165, 1.54) is 110 Å². The van der Waals surface area contributed by atoms with E-state index in [1.807, 2.05) is 0 Å². The average molecular weight is 703 g/mol. The van der Waals surface area contributed by atoms with E-state index in [4.69, 9.17) is 0 Å². The largest absolute Gasteiger partial charge is 0.309 e. The summed E-state index contributed by atoms with van der Waals surface area (Å²) >= 11 is 0. The van der Waals surface area contributed by atoms with Crippen LogP contribution in [0, 0.1) is 0 Å². The summed E-state index contributed by atoms with van der Waals surface area (Å²) in [6, 6.07) is 59.4. The molecule has 0 unspecified atom stereocenters. The van der Waals surface area contributed by atoms with Crippen LogP contribution in [0.3, 0.4) is 0 Å². The van der Waals surface area contributed by atoms with Gasteiger partial charge in [0, 0.05) is 38.3 Å². The van der Waals surface area contributed by atoms with Gasteiger partial charge < -0.3 is 9.13 Å². The average Bonchev–Trinajstić information content (AvgIpc) is 3.82. The van der Waals surface area contributed by atoms with Gasteiger partial charge in [-0.2, -0.15) is 0 Å². The zero-order chi connectivity index (χ0) is 36.4. The molecule has 0 fully saturated rings. The van der Waals surface area contributed by atoms with Crippen molar-refractivity contribution in [2.24, 2.45) is 0 Å². The third kappa shape index (κ3) is 4.37. The minimum Gasteiger partial charge on any atom is -0.309 e. The fraction of sp³-hybridized carbons (Fsp3) is 0.0943. The van der Waals surface area contributed by atoms with Gasteiger partial charge in [0.2, 0.25) is 0 Å². The third-order valence-corrected chi connectivity index (χ3v) is 12.7. The Kier molecular flexibility index (Phi) is 6.27. The maximum atomic E-state index is 2.52. The first kappa shape index (κ1) is 30.8. The zero-order valence-corrected chi connectivity index (χ0v) is 31.0. The van der Waals surface area contributed by atoms with Gasteiger partial charge in [0.1, 0.15) is 0 Å². The number of hydrogen-bond donors (Lipinski definition) is 0. The van der Waals surface area contributed by atoms with Gasteiger partial charge in [-0.3, -0.25) is 0 Å². The molecule has 0 spiro atoms. The van der Waals surface area contributed by atoms with Crippen LogP contribution in [-0.2, 0) is 11.8 Å². The van der Waals surface area contributed by atoms with E-state index >= 15 is 0 Å². The van der Waals surface area contributed by atoms with Crippen LogP contribution in [0.15, 0.2) is 164 Å². The third-order valence-electron chi connectivity index (χ3n) is 12.7. The Labute approximate surface area is 320 Å². The molecule has 8 aromatic carbocycles. The minimum atomic E-state index is -0.0748. The van der Waals surface area contributed by atoms with Gasteiger partial charge in [0.05, 0.1) is 22.1 Å². The molecule has 2 aliphatic rings. The normalized spacial score (nSPS) is 14.3. The van der Waals surface area contributed by atoms with E-state index in [-0.39, 0.29) is 5.41 Å². The standard InChI is InChI=1S/C53H38N2/c1-53(2)47-17-9-7-15-41(47)43-32-52-46(31-48(43)53)45-30-38(22-26-51(45)55(52)40-24-20-34-12-4-6-14-36(34)28-40)37-21-25-50-44(29-37)42-16-8-10-18-49(42)54(50)39-23-19-33-11-3-5-13-35(33)27-39/h3-5,7-13,15-32H,6,14H2,1-2H3. The summed E-state index contributed by atoms with van der Waals surface area (Å²) in [5, 5.41) is 7.64. The van der Waals surface area contributed by atoms with Crippen molar-refractivity contribution in [3.8, 4) is 33.6 Å². The predicted octanol–water partition coefficient (Wildman–Crippen LogP) is 14.0. The van der Waals surface area contributed by atoms with E-state index in [0.29, 0.717) is 0 Å². The first-order valence-corrected chi connectivity index (χ1v) is 19.6. The van der Waals surface area contributed by atoms with E-state index in [9.17, 15) is 0 Å². The second kappa shape index (κ2) is 11.2. The lowest BCUT2D eigenvalue weighted by Crippen LogP contribution is -2.14. The molecule has 0 saturated carbocycles. The van der Waals surface area contributed by atoms with E-state index in [1.54, 1.807) is 0 Å². The second-order valence-electron chi connectivity index (χ2n) is 16.1. The molecule has 0 aliphatic heterocycles. The summed E-state index contributed by atoms with van der Waals surface area (Å²) in [6.45, 7) is 4.77. The Morgan fingerprint density at radius 2 is 1.11 bits per heavy atom. The summed E-state index contributed by atoms with van der Waals surface area (Å²) in [4.78, 5) is 0. The van der Waals surface area contributed by atoms with E-state index in [2.05, 4.69) is 193 Å². The molecule has 10 aromatic rings.